The molecule has 1 unspecified atom stereocenters. The van der Waals surface area contributed by atoms with E-state index < -0.39 is 0 Å². The lowest BCUT2D eigenvalue weighted by molar-refractivity contribution is -0.137. The molecular formula is C14H24N2O3. The lowest BCUT2D eigenvalue weighted by atomic mass is 9.89. The molecule has 1 amide bonds. The molecule has 0 aromatic rings. The molecule has 3 aliphatic rings. The minimum absolute atomic E-state index is 0.0152. The predicted molar refractivity (Wildman–Crippen MR) is 70.9 cm³/mol. The minimum Gasteiger partial charge on any atom is -0.372 e. The monoisotopic (exact) mass is 268 g/mol. The van der Waals surface area contributed by atoms with Gasteiger partial charge in [0.2, 0.25) is 5.91 Å². The maximum Gasteiger partial charge on any atom is 0.248 e. The molecule has 0 radical (unpaired) electrons. The van der Waals surface area contributed by atoms with Crippen molar-refractivity contribution in [2.75, 3.05) is 33.4 Å². The fraction of sp³-hybridized carbons (Fsp3) is 0.929. The van der Waals surface area contributed by atoms with Crippen LogP contribution in [0.25, 0.3) is 0 Å². The molecule has 3 fully saturated rings. The number of carbonyl (C=O) groups is 1. The number of hydrogen-bond donors (Lipinski definition) is 1. The number of carbonyl (C=O) groups excluding carboxylic acids is 1. The van der Waals surface area contributed by atoms with Crippen molar-refractivity contribution in [3.05, 3.63) is 0 Å². The summed E-state index contributed by atoms with van der Waals surface area (Å²) < 4.78 is 11.7. The SMILES string of the molecule is CN(C(=O)COC1COC2(CCNCC2)C1)C1CC1. The van der Waals surface area contributed by atoms with Gasteiger partial charge in [-0.2, -0.15) is 0 Å². The maximum atomic E-state index is 11.9. The molecule has 0 aromatic carbocycles. The normalized spacial score (nSPS) is 29.6. The van der Waals surface area contributed by atoms with E-state index in [1.807, 2.05) is 11.9 Å². The molecule has 108 valence electrons. The van der Waals surface area contributed by atoms with E-state index >= 15 is 0 Å². The third kappa shape index (κ3) is 3.09. The number of nitrogens with one attached hydrogen (secondary N) is 1. The summed E-state index contributed by atoms with van der Waals surface area (Å²) in [4.78, 5) is 13.7. The Balaban J connectivity index is 1.42. The summed E-state index contributed by atoms with van der Waals surface area (Å²) in [5.41, 5.74) is 0.0152. The Hall–Kier alpha value is -0.650. The van der Waals surface area contributed by atoms with Crippen molar-refractivity contribution in [3.8, 4) is 0 Å². The van der Waals surface area contributed by atoms with Gasteiger partial charge in [0.15, 0.2) is 0 Å². The highest BCUT2D eigenvalue weighted by atomic mass is 16.6. The van der Waals surface area contributed by atoms with Crippen LogP contribution in [-0.4, -0.2) is 61.9 Å². The molecule has 0 aromatic heterocycles. The first-order valence-electron chi connectivity index (χ1n) is 7.40. The Morgan fingerprint density at radius 2 is 2.16 bits per heavy atom. The van der Waals surface area contributed by atoms with Gasteiger partial charge in [-0.05, 0) is 38.8 Å². The Kier molecular flexibility index (Phi) is 3.78. The number of amides is 1. The van der Waals surface area contributed by atoms with Crippen LogP contribution >= 0.6 is 0 Å². The molecule has 2 saturated heterocycles. The largest absolute Gasteiger partial charge is 0.372 e. The average Bonchev–Trinajstić information content (AvgIpc) is 3.21. The highest BCUT2D eigenvalue weighted by Gasteiger charge is 2.42. The van der Waals surface area contributed by atoms with Crippen LogP contribution in [0, 0.1) is 0 Å². The lowest BCUT2D eigenvalue weighted by Gasteiger charge is -2.32. The van der Waals surface area contributed by atoms with Gasteiger partial charge in [-0.3, -0.25) is 4.79 Å². The van der Waals surface area contributed by atoms with Crippen LogP contribution in [0.3, 0.4) is 0 Å². The Morgan fingerprint density at radius 3 is 2.84 bits per heavy atom. The zero-order valence-electron chi connectivity index (χ0n) is 11.7. The van der Waals surface area contributed by atoms with Gasteiger partial charge >= 0.3 is 0 Å². The third-order valence-electron chi connectivity index (χ3n) is 4.62. The van der Waals surface area contributed by atoms with Crippen molar-refractivity contribution in [2.45, 2.75) is 49.9 Å². The lowest BCUT2D eigenvalue weighted by Crippen LogP contribution is -2.41. The third-order valence-corrected chi connectivity index (χ3v) is 4.62. The topological polar surface area (TPSA) is 50.8 Å². The summed E-state index contributed by atoms with van der Waals surface area (Å²) >= 11 is 0. The summed E-state index contributed by atoms with van der Waals surface area (Å²) in [5.74, 6) is 0.105. The first-order valence-corrected chi connectivity index (χ1v) is 7.40. The number of piperidine rings is 1. The van der Waals surface area contributed by atoms with Crippen LogP contribution in [0.4, 0.5) is 0 Å². The van der Waals surface area contributed by atoms with E-state index in [0.29, 0.717) is 12.6 Å². The van der Waals surface area contributed by atoms with E-state index in [9.17, 15) is 4.79 Å². The molecule has 1 spiro atoms. The molecule has 5 nitrogen and oxygen atoms in total. The van der Waals surface area contributed by atoms with Crippen LogP contribution in [0.15, 0.2) is 0 Å². The average molecular weight is 268 g/mol. The number of hydrogen-bond acceptors (Lipinski definition) is 4. The quantitative estimate of drug-likeness (QED) is 0.808. The molecular weight excluding hydrogens is 244 g/mol. The molecule has 3 rings (SSSR count). The van der Waals surface area contributed by atoms with E-state index in [0.717, 1.165) is 45.2 Å². The summed E-state index contributed by atoms with van der Waals surface area (Å²) in [5, 5.41) is 3.35. The van der Waals surface area contributed by atoms with Crippen molar-refractivity contribution < 1.29 is 14.3 Å². The first kappa shape index (κ1) is 13.3. The van der Waals surface area contributed by atoms with Gasteiger partial charge in [-0.1, -0.05) is 0 Å². The van der Waals surface area contributed by atoms with Gasteiger partial charge < -0.3 is 19.7 Å². The number of likely N-dealkylation sites (N-methyl/N-ethyl adjacent to an activating group) is 1. The summed E-state index contributed by atoms with van der Waals surface area (Å²) in [6.07, 6.45) is 5.44. The Labute approximate surface area is 114 Å². The maximum absolute atomic E-state index is 11.9. The molecule has 19 heavy (non-hydrogen) atoms. The minimum atomic E-state index is 0.0152. The highest BCUT2D eigenvalue weighted by molar-refractivity contribution is 5.77. The molecule has 2 heterocycles. The Bertz CT molecular complexity index is 338. The smallest absolute Gasteiger partial charge is 0.248 e. The summed E-state index contributed by atoms with van der Waals surface area (Å²) in [6.45, 7) is 2.89. The van der Waals surface area contributed by atoms with Crippen molar-refractivity contribution in [1.82, 2.24) is 10.2 Å². The van der Waals surface area contributed by atoms with E-state index in [1.54, 1.807) is 0 Å². The van der Waals surface area contributed by atoms with Crippen LogP contribution in [0.2, 0.25) is 0 Å². The second-order valence-corrected chi connectivity index (χ2v) is 6.12. The second kappa shape index (κ2) is 5.38. The van der Waals surface area contributed by atoms with Gasteiger partial charge in [-0.15, -0.1) is 0 Å². The Morgan fingerprint density at radius 1 is 1.42 bits per heavy atom. The van der Waals surface area contributed by atoms with E-state index in [1.165, 1.54) is 0 Å². The van der Waals surface area contributed by atoms with Crippen molar-refractivity contribution in [1.29, 1.82) is 0 Å². The summed E-state index contributed by atoms with van der Waals surface area (Å²) in [7, 11) is 1.88. The van der Waals surface area contributed by atoms with Crippen LogP contribution in [0.1, 0.15) is 32.1 Å². The second-order valence-electron chi connectivity index (χ2n) is 6.12. The zero-order chi connectivity index (χ0) is 13.3. The molecule has 1 saturated carbocycles. The molecule has 5 heteroatoms. The van der Waals surface area contributed by atoms with Crippen LogP contribution in [0.5, 0.6) is 0 Å². The van der Waals surface area contributed by atoms with E-state index in [2.05, 4.69) is 5.32 Å². The highest BCUT2D eigenvalue weighted by Crippen LogP contribution is 2.35. The van der Waals surface area contributed by atoms with Crippen molar-refractivity contribution in [2.24, 2.45) is 0 Å². The molecule has 1 N–H and O–H groups in total. The van der Waals surface area contributed by atoms with Crippen molar-refractivity contribution >= 4 is 5.91 Å². The van der Waals surface area contributed by atoms with Gasteiger partial charge in [0.05, 0.1) is 18.3 Å². The number of nitrogens with zero attached hydrogens (tertiary/aromatic N) is 1. The fourth-order valence-electron chi connectivity index (χ4n) is 3.10. The molecule has 0 bridgehead atoms. The van der Waals surface area contributed by atoms with Gasteiger partial charge in [0, 0.05) is 19.5 Å². The van der Waals surface area contributed by atoms with E-state index in [-0.39, 0.29) is 24.2 Å². The number of rotatable bonds is 4. The summed E-state index contributed by atoms with van der Waals surface area (Å²) in [6, 6.07) is 0.465. The first-order chi connectivity index (χ1) is 9.19. The molecule has 1 aliphatic carbocycles. The molecule has 1 atom stereocenters. The van der Waals surface area contributed by atoms with Gasteiger partial charge in [0.25, 0.3) is 0 Å². The fourth-order valence-corrected chi connectivity index (χ4v) is 3.10. The van der Waals surface area contributed by atoms with Gasteiger partial charge in [0.1, 0.15) is 6.61 Å². The van der Waals surface area contributed by atoms with E-state index in [4.69, 9.17) is 9.47 Å². The van der Waals surface area contributed by atoms with Gasteiger partial charge in [-0.25, -0.2) is 0 Å². The van der Waals surface area contributed by atoms with Crippen LogP contribution in [-0.2, 0) is 14.3 Å². The number of ether oxygens (including phenoxy) is 2. The molecule has 2 aliphatic heterocycles. The predicted octanol–water partition coefficient (Wildman–Crippen LogP) is 0.535. The van der Waals surface area contributed by atoms with Crippen LogP contribution < -0.4 is 5.32 Å². The zero-order valence-corrected chi connectivity index (χ0v) is 11.7. The van der Waals surface area contributed by atoms with Crippen molar-refractivity contribution in [3.63, 3.8) is 0 Å². The standard InChI is InChI=1S/C14H24N2O3/c1-16(11-2-3-11)13(17)10-18-12-8-14(19-9-12)4-6-15-7-5-14/h11-12,15H,2-10H2,1H3.